The van der Waals surface area contributed by atoms with Gasteiger partial charge in [0, 0.05) is 27.1 Å². The van der Waals surface area contributed by atoms with Gasteiger partial charge >= 0.3 is 0 Å². The van der Waals surface area contributed by atoms with Gasteiger partial charge in [0.1, 0.15) is 0 Å². The molecule has 0 bridgehead atoms. The van der Waals surface area contributed by atoms with Gasteiger partial charge in [0.2, 0.25) is 0 Å². The van der Waals surface area contributed by atoms with Crippen molar-refractivity contribution < 1.29 is 4.79 Å². The van der Waals surface area contributed by atoms with Gasteiger partial charge in [-0.25, -0.2) is 0 Å². The molecule has 0 fully saturated rings. The molecule has 2 aromatic heterocycles. The van der Waals surface area contributed by atoms with E-state index in [-0.39, 0.29) is 5.91 Å². The Morgan fingerprint density at radius 2 is 1.70 bits per heavy atom. The van der Waals surface area contributed by atoms with Crippen LogP contribution in [0.3, 0.4) is 0 Å². The predicted molar refractivity (Wildman–Crippen MR) is 153 cm³/mol. The number of hydrogen-bond acceptors (Lipinski definition) is 4. The van der Waals surface area contributed by atoms with E-state index in [2.05, 4.69) is 70.7 Å². The summed E-state index contributed by atoms with van der Waals surface area (Å²) in [5, 5.41) is 11.8. The molecule has 0 saturated heterocycles. The molecule has 0 aliphatic carbocycles. The minimum Gasteiger partial charge on any atom is -0.321 e. The van der Waals surface area contributed by atoms with Crippen LogP contribution >= 0.6 is 11.8 Å². The summed E-state index contributed by atoms with van der Waals surface area (Å²) in [7, 11) is 0. The van der Waals surface area contributed by atoms with Crippen molar-refractivity contribution in [3.63, 3.8) is 0 Å². The number of fused-ring (bicyclic) bond motifs is 1. The molecule has 0 saturated carbocycles. The third-order valence-corrected chi connectivity index (χ3v) is 7.33. The predicted octanol–water partition coefficient (Wildman–Crippen LogP) is 7.66. The maximum absolute atomic E-state index is 13.4. The lowest BCUT2D eigenvalue weighted by atomic mass is 10.0. The average molecular weight is 505 g/mol. The monoisotopic (exact) mass is 504 g/mol. The van der Waals surface area contributed by atoms with E-state index >= 15 is 0 Å². The second-order valence-electron chi connectivity index (χ2n) is 8.61. The number of nitrogens with zero attached hydrogens (tertiary/aromatic N) is 2. The topological polar surface area (TPSA) is 70.7 Å². The number of pyridine rings is 1. The highest BCUT2D eigenvalue weighted by Crippen LogP contribution is 2.33. The number of H-pyrrole nitrogens is 1. The molecule has 184 valence electrons. The molecule has 0 aliphatic rings. The van der Waals surface area contributed by atoms with Gasteiger partial charge in [0.05, 0.1) is 22.5 Å². The Hall–Kier alpha value is -4.16. The zero-order chi connectivity index (χ0) is 25.6. The molecule has 1 amide bonds. The number of carbonyl (C=O) groups excluding carboxylic acids is 1. The Labute approximate surface area is 221 Å². The van der Waals surface area contributed by atoms with Gasteiger partial charge in [-0.1, -0.05) is 62.0 Å². The van der Waals surface area contributed by atoms with E-state index in [1.165, 1.54) is 0 Å². The normalized spacial score (nSPS) is 11.3. The molecular weight excluding hydrogens is 476 g/mol. The molecule has 5 rings (SSSR count). The molecule has 0 aliphatic heterocycles. The van der Waals surface area contributed by atoms with Crippen molar-refractivity contribution in [2.24, 2.45) is 0 Å². The van der Waals surface area contributed by atoms with E-state index in [0.717, 1.165) is 61.7 Å². The van der Waals surface area contributed by atoms with Crippen molar-refractivity contribution in [3.05, 3.63) is 113 Å². The molecule has 5 nitrogen and oxygen atoms in total. The molecule has 6 heteroatoms. The largest absolute Gasteiger partial charge is 0.321 e. The Kier molecular flexibility index (Phi) is 7.47. The Morgan fingerprint density at radius 3 is 2.46 bits per heavy atom. The first kappa shape index (κ1) is 24.5. The van der Waals surface area contributed by atoms with Gasteiger partial charge in [-0.2, -0.15) is 5.10 Å². The number of carbonyl (C=O) groups is 1. The van der Waals surface area contributed by atoms with Crippen molar-refractivity contribution in [1.82, 2.24) is 15.2 Å². The lowest BCUT2D eigenvalue weighted by Crippen LogP contribution is -2.15. The SMILES string of the molecule is CCc1cccc(CC)c1NC(=O)c1ccccc1Sc1ccc2c(/C=C/c3ccccn3)n[nH]c2c1. The lowest BCUT2D eigenvalue weighted by molar-refractivity contribution is 0.102. The first-order chi connectivity index (χ1) is 18.2. The van der Waals surface area contributed by atoms with Crippen LogP contribution in [0.1, 0.15) is 46.7 Å². The molecule has 0 radical (unpaired) electrons. The highest BCUT2D eigenvalue weighted by molar-refractivity contribution is 7.99. The van der Waals surface area contributed by atoms with Gasteiger partial charge in [-0.15, -0.1) is 0 Å². The first-order valence-electron chi connectivity index (χ1n) is 12.4. The molecular formula is C31H28N4OS. The van der Waals surface area contributed by atoms with E-state index in [1.807, 2.05) is 54.6 Å². The van der Waals surface area contributed by atoms with Crippen LogP contribution in [-0.2, 0) is 12.8 Å². The van der Waals surface area contributed by atoms with E-state index in [9.17, 15) is 4.79 Å². The van der Waals surface area contributed by atoms with Crippen LogP contribution in [0.15, 0.2) is 94.9 Å². The van der Waals surface area contributed by atoms with E-state index in [4.69, 9.17) is 0 Å². The van der Waals surface area contributed by atoms with Crippen LogP contribution in [0.25, 0.3) is 23.1 Å². The second kappa shape index (κ2) is 11.3. The smallest absolute Gasteiger partial charge is 0.256 e. The summed E-state index contributed by atoms with van der Waals surface area (Å²) in [4.78, 5) is 19.7. The zero-order valence-corrected chi connectivity index (χ0v) is 21.7. The summed E-state index contributed by atoms with van der Waals surface area (Å²) < 4.78 is 0. The van der Waals surface area contributed by atoms with Crippen molar-refractivity contribution >= 4 is 46.4 Å². The lowest BCUT2D eigenvalue weighted by Gasteiger charge is -2.16. The van der Waals surface area contributed by atoms with Crippen LogP contribution in [-0.4, -0.2) is 21.1 Å². The molecule has 0 atom stereocenters. The molecule has 3 aromatic carbocycles. The molecule has 0 unspecified atom stereocenters. The minimum absolute atomic E-state index is 0.0942. The summed E-state index contributed by atoms with van der Waals surface area (Å²) in [6, 6.07) is 26.0. The molecule has 2 heterocycles. The average Bonchev–Trinajstić information content (AvgIpc) is 3.35. The summed E-state index contributed by atoms with van der Waals surface area (Å²) in [6.07, 6.45) is 7.42. The van der Waals surface area contributed by atoms with Crippen molar-refractivity contribution in [2.75, 3.05) is 5.32 Å². The van der Waals surface area contributed by atoms with Gasteiger partial charge in [0.15, 0.2) is 0 Å². The van der Waals surface area contributed by atoms with Gasteiger partial charge in [0.25, 0.3) is 5.91 Å². The third kappa shape index (κ3) is 5.49. The quantitative estimate of drug-likeness (QED) is 0.228. The molecule has 0 spiro atoms. The van der Waals surface area contributed by atoms with E-state index in [1.54, 1.807) is 18.0 Å². The van der Waals surface area contributed by atoms with Gasteiger partial charge in [-0.3, -0.25) is 14.9 Å². The number of anilines is 1. The number of rotatable bonds is 8. The van der Waals surface area contributed by atoms with Gasteiger partial charge < -0.3 is 5.32 Å². The number of hydrogen-bond donors (Lipinski definition) is 2. The Bertz CT molecular complexity index is 1550. The van der Waals surface area contributed by atoms with Crippen LogP contribution in [0.5, 0.6) is 0 Å². The Morgan fingerprint density at radius 1 is 0.919 bits per heavy atom. The summed E-state index contributed by atoms with van der Waals surface area (Å²) >= 11 is 1.57. The van der Waals surface area contributed by atoms with Crippen molar-refractivity contribution in [1.29, 1.82) is 0 Å². The zero-order valence-electron chi connectivity index (χ0n) is 20.9. The number of benzene rings is 3. The van der Waals surface area contributed by atoms with Crippen LogP contribution in [0.4, 0.5) is 5.69 Å². The first-order valence-corrected chi connectivity index (χ1v) is 13.2. The number of amides is 1. The van der Waals surface area contributed by atoms with Crippen LogP contribution < -0.4 is 5.32 Å². The second-order valence-corrected chi connectivity index (χ2v) is 9.73. The molecule has 2 N–H and O–H groups in total. The maximum Gasteiger partial charge on any atom is 0.256 e. The third-order valence-electron chi connectivity index (χ3n) is 6.26. The summed E-state index contributed by atoms with van der Waals surface area (Å²) in [5.41, 5.74) is 6.57. The van der Waals surface area contributed by atoms with Crippen LogP contribution in [0.2, 0.25) is 0 Å². The minimum atomic E-state index is -0.0942. The fourth-order valence-electron chi connectivity index (χ4n) is 4.30. The van der Waals surface area contributed by atoms with Crippen molar-refractivity contribution in [3.8, 4) is 0 Å². The number of nitrogens with one attached hydrogen (secondary N) is 2. The number of aromatic amines is 1. The van der Waals surface area contributed by atoms with Crippen LogP contribution in [0, 0.1) is 0 Å². The van der Waals surface area contributed by atoms with E-state index < -0.39 is 0 Å². The fraction of sp³-hybridized carbons (Fsp3) is 0.129. The van der Waals surface area contributed by atoms with E-state index in [0.29, 0.717) is 5.56 Å². The standard InChI is InChI=1S/C31H28N4OS/c1-3-21-10-9-11-22(4-2)30(21)33-31(36)26-13-5-6-14-29(26)37-24-16-17-25-27(34-35-28(25)20-24)18-15-23-12-7-8-19-32-23/h5-20H,3-4H2,1-2H3,(H,33,36)(H,34,35)/b18-15+. The fourth-order valence-corrected chi connectivity index (χ4v) is 5.29. The van der Waals surface area contributed by atoms with Gasteiger partial charge in [-0.05, 0) is 78.6 Å². The molecule has 5 aromatic rings. The highest BCUT2D eigenvalue weighted by atomic mass is 32.2. The molecule has 37 heavy (non-hydrogen) atoms. The number of para-hydroxylation sites is 1. The number of aryl methyl sites for hydroxylation is 2. The van der Waals surface area contributed by atoms with Crippen molar-refractivity contribution in [2.45, 2.75) is 36.5 Å². The summed E-state index contributed by atoms with van der Waals surface area (Å²) in [5.74, 6) is -0.0942. The highest BCUT2D eigenvalue weighted by Gasteiger charge is 2.16. The summed E-state index contributed by atoms with van der Waals surface area (Å²) in [6.45, 7) is 4.22. The number of aromatic nitrogens is 3. The maximum atomic E-state index is 13.4. The Balaban J connectivity index is 1.38.